The number of hydrogen-bond acceptors (Lipinski definition) is 2. The number of hydrogen-bond donors (Lipinski definition) is 0. The predicted molar refractivity (Wildman–Crippen MR) is 77.1 cm³/mol. The van der Waals surface area contributed by atoms with Gasteiger partial charge in [-0.25, -0.2) is 0 Å². The van der Waals surface area contributed by atoms with Gasteiger partial charge in [0.05, 0.1) is 0 Å². The predicted octanol–water partition coefficient (Wildman–Crippen LogP) is 3.78. The molecule has 2 heteroatoms. The maximum Gasteiger partial charge on any atom is 0.166 e. The van der Waals surface area contributed by atoms with Crippen molar-refractivity contribution in [2.24, 2.45) is 5.92 Å². The zero-order valence-electron chi connectivity index (χ0n) is 11.8. The summed E-state index contributed by atoms with van der Waals surface area (Å²) < 4.78 is 5.77. The van der Waals surface area contributed by atoms with E-state index in [-0.39, 0.29) is 11.9 Å². The molecule has 1 aliphatic carbocycles. The molecular formula is C17H24O2. The summed E-state index contributed by atoms with van der Waals surface area (Å²) in [5.74, 6) is 0.685. The molecule has 0 N–H and O–H groups in total. The summed E-state index contributed by atoms with van der Waals surface area (Å²) in [6.07, 6.45) is 6.39. The molecule has 2 rings (SSSR count). The second-order valence-electron chi connectivity index (χ2n) is 5.40. The monoisotopic (exact) mass is 260 g/mol. The lowest BCUT2D eigenvalue weighted by Gasteiger charge is -2.29. The molecule has 0 amide bonds. The molecule has 1 aliphatic rings. The van der Waals surface area contributed by atoms with E-state index >= 15 is 0 Å². The van der Waals surface area contributed by atoms with Crippen LogP contribution in [0.25, 0.3) is 0 Å². The third kappa shape index (κ3) is 4.17. The Kier molecular flexibility index (Phi) is 5.59. The molecule has 0 aromatic heterocycles. The maximum absolute atomic E-state index is 12.5. The lowest BCUT2D eigenvalue weighted by atomic mass is 9.82. The summed E-state index contributed by atoms with van der Waals surface area (Å²) in [6.45, 7) is 2.60. The van der Waals surface area contributed by atoms with Gasteiger partial charge in [-0.3, -0.25) is 4.79 Å². The minimum absolute atomic E-state index is 0.189. The molecule has 1 fully saturated rings. The first-order valence-corrected chi connectivity index (χ1v) is 7.49. The van der Waals surface area contributed by atoms with Gasteiger partial charge >= 0.3 is 0 Å². The molecule has 0 saturated heterocycles. The highest BCUT2D eigenvalue weighted by atomic mass is 16.5. The molecule has 1 atom stereocenters. The Hall–Kier alpha value is -1.15. The average Bonchev–Trinajstić information content (AvgIpc) is 2.46. The molecule has 0 aliphatic heterocycles. The van der Waals surface area contributed by atoms with Crippen LogP contribution in [-0.2, 0) is 16.0 Å². The minimum Gasteiger partial charge on any atom is -0.370 e. The van der Waals surface area contributed by atoms with E-state index in [1.807, 2.05) is 37.3 Å². The van der Waals surface area contributed by atoms with Gasteiger partial charge in [0.1, 0.15) is 6.10 Å². The Labute approximate surface area is 116 Å². The molecule has 104 valence electrons. The summed E-state index contributed by atoms with van der Waals surface area (Å²) in [5.41, 5.74) is 1.09. The molecule has 1 aromatic rings. The topological polar surface area (TPSA) is 26.3 Å². The lowest BCUT2D eigenvalue weighted by molar-refractivity contribution is -0.134. The van der Waals surface area contributed by atoms with Gasteiger partial charge in [0.25, 0.3) is 0 Å². The molecule has 0 radical (unpaired) electrons. The molecule has 1 aromatic carbocycles. The Morgan fingerprint density at radius 1 is 1.21 bits per heavy atom. The van der Waals surface area contributed by atoms with Gasteiger partial charge < -0.3 is 4.74 Å². The first-order valence-electron chi connectivity index (χ1n) is 7.49. The number of ether oxygens (including phenoxy) is 1. The summed E-state index contributed by atoms with van der Waals surface area (Å²) in [6, 6.07) is 9.98. The summed E-state index contributed by atoms with van der Waals surface area (Å²) >= 11 is 0. The lowest BCUT2D eigenvalue weighted by Crippen LogP contribution is -2.35. The van der Waals surface area contributed by atoms with Crippen molar-refractivity contribution in [2.75, 3.05) is 6.61 Å². The van der Waals surface area contributed by atoms with E-state index in [4.69, 9.17) is 4.74 Å². The molecule has 19 heavy (non-hydrogen) atoms. The molecule has 1 unspecified atom stereocenters. The van der Waals surface area contributed by atoms with Crippen molar-refractivity contribution in [3.63, 3.8) is 0 Å². The molecule has 1 saturated carbocycles. The van der Waals surface area contributed by atoms with Crippen molar-refractivity contribution in [1.82, 2.24) is 0 Å². The fraction of sp³-hybridized carbons (Fsp3) is 0.588. The van der Waals surface area contributed by atoms with Gasteiger partial charge in [-0.1, -0.05) is 49.6 Å². The van der Waals surface area contributed by atoms with Gasteiger partial charge in [-0.2, -0.15) is 0 Å². The quantitative estimate of drug-likeness (QED) is 0.778. The van der Waals surface area contributed by atoms with E-state index < -0.39 is 0 Å². The van der Waals surface area contributed by atoms with E-state index in [2.05, 4.69) is 0 Å². The van der Waals surface area contributed by atoms with Crippen LogP contribution in [0, 0.1) is 5.92 Å². The van der Waals surface area contributed by atoms with E-state index in [0.29, 0.717) is 18.9 Å². The van der Waals surface area contributed by atoms with Gasteiger partial charge in [0.15, 0.2) is 5.78 Å². The van der Waals surface area contributed by atoms with Gasteiger partial charge in [-0.15, -0.1) is 0 Å². The van der Waals surface area contributed by atoms with Crippen molar-refractivity contribution in [3.05, 3.63) is 35.9 Å². The Bertz CT molecular complexity index is 380. The molecule has 0 bridgehead atoms. The number of benzene rings is 1. The van der Waals surface area contributed by atoms with E-state index in [9.17, 15) is 4.79 Å². The zero-order chi connectivity index (χ0) is 13.5. The van der Waals surface area contributed by atoms with Crippen LogP contribution in [0.2, 0.25) is 0 Å². The van der Waals surface area contributed by atoms with Crippen LogP contribution >= 0.6 is 0 Å². The Morgan fingerprint density at radius 2 is 1.89 bits per heavy atom. The second kappa shape index (κ2) is 7.44. The number of ketones is 1. The molecule has 0 heterocycles. The fourth-order valence-corrected chi connectivity index (χ4v) is 3.01. The van der Waals surface area contributed by atoms with Gasteiger partial charge in [0, 0.05) is 13.0 Å². The number of rotatable bonds is 6. The van der Waals surface area contributed by atoms with Gasteiger partial charge in [-0.05, 0) is 31.2 Å². The molecule has 0 spiro atoms. The molecule has 2 nitrogen and oxygen atoms in total. The number of carbonyl (C=O) groups excluding carboxylic acids is 1. The van der Waals surface area contributed by atoms with E-state index in [1.165, 1.54) is 19.3 Å². The first kappa shape index (κ1) is 14.3. The van der Waals surface area contributed by atoms with Crippen LogP contribution in [0.4, 0.5) is 0 Å². The van der Waals surface area contributed by atoms with Crippen LogP contribution in [0.3, 0.4) is 0 Å². The summed E-state index contributed by atoms with van der Waals surface area (Å²) in [7, 11) is 0. The van der Waals surface area contributed by atoms with E-state index in [0.717, 1.165) is 18.4 Å². The smallest absolute Gasteiger partial charge is 0.166 e. The second-order valence-corrected chi connectivity index (χ2v) is 5.40. The first-order chi connectivity index (χ1) is 9.31. The van der Waals surface area contributed by atoms with Crippen molar-refractivity contribution in [3.8, 4) is 0 Å². The zero-order valence-corrected chi connectivity index (χ0v) is 11.8. The Balaban J connectivity index is 1.99. The fourth-order valence-electron chi connectivity index (χ4n) is 3.01. The van der Waals surface area contributed by atoms with Gasteiger partial charge in [0.2, 0.25) is 0 Å². The SMILES string of the molecule is CCOC(C(=O)Cc1ccccc1)C1CCCCC1. The highest BCUT2D eigenvalue weighted by Gasteiger charge is 2.29. The standard InChI is InChI=1S/C17H24O2/c1-2-19-17(15-11-7-4-8-12-15)16(18)13-14-9-5-3-6-10-14/h3,5-6,9-10,15,17H,2,4,7-8,11-13H2,1H3. The number of Topliss-reactive ketones (excluding diaryl/α,β-unsaturated/α-hetero) is 1. The van der Waals surface area contributed by atoms with Crippen molar-refractivity contribution < 1.29 is 9.53 Å². The van der Waals surface area contributed by atoms with Crippen LogP contribution in [0.15, 0.2) is 30.3 Å². The molecular weight excluding hydrogens is 236 g/mol. The van der Waals surface area contributed by atoms with Crippen LogP contribution in [0.5, 0.6) is 0 Å². The highest BCUT2D eigenvalue weighted by Crippen LogP contribution is 2.29. The largest absolute Gasteiger partial charge is 0.370 e. The van der Waals surface area contributed by atoms with Crippen molar-refractivity contribution in [2.45, 2.75) is 51.6 Å². The normalized spacial score (nSPS) is 18.2. The summed E-state index contributed by atoms with van der Waals surface area (Å²) in [5, 5.41) is 0. The van der Waals surface area contributed by atoms with Crippen molar-refractivity contribution >= 4 is 5.78 Å². The third-order valence-corrected chi connectivity index (χ3v) is 3.96. The number of carbonyl (C=O) groups is 1. The van der Waals surface area contributed by atoms with Crippen LogP contribution in [0.1, 0.15) is 44.6 Å². The minimum atomic E-state index is -0.189. The van der Waals surface area contributed by atoms with Crippen LogP contribution in [-0.4, -0.2) is 18.5 Å². The third-order valence-electron chi connectivity index (χ3n) is 3.96. The highest BCUT2D eigenvalue weighted by molar-refractivity contribution is 5.85. The summed E-state index contributed by atoms with van der Waals surface area (Å²) in [4.78, 5) is 12.5. The maximum atomic E-state index is 12.5. The van der Waals surface area contributed by atoms with Crippen molar-refractivity contribution in [1.29, 1.82) is 0 Å². The average molecular weight is 260 g/mol. The van der Waals surface area contributed by atoms with E-state index in [1.54, 1.807) is 0 Å². The van der Waals surface area contributed by atoms with Crippen LogP contribution < -0.4 is 0 Å². The Morgan fingerprint density at radius 3 is 2.53 bits per heavy atom.